The topological polar surface area (TPSA) is 86.2 Å². The molecule has 0 aliphatic rings. The maximum absolute atomic E-state index is 12.8. The zero-order chi connectivity index (χ0) is 11.6. The molecule has 0 unspecified atom stereocenters. The molecule has 0 bridgehead atoms. The molecule has 0 aliphatic heterocycles. The Labute approximate surface area is 86.1 Å². The molecule has 15 heavy (non-hydrogen) atoms. The van der Waals surface area contributed by atoms with Crippen molar-refractivity contribution in [2.24, 2.45) is 11.5 Å². The van der Waals surface area contributed by atoms with E-state index in [0.717, 1.165) is 12.1 Å². The van der Waals surface area contributed by atoms with Gasteiger partial charge in [-0.15, -0.1) is 0 Å². The minimum atomic E-state index is -0.780. The van der Waals surface area contributed by atoms with Gasteiger partial charge in [-0.25, -0.2) is 4.39 Å². The van der Waals surface area contributed by atoms with Gasteiger partial charge in [-0.3, -0.25) is 9.59 Å². The summed E-state index contributed by atoms with van der Waals surface area (Å²) in [7, 11) is 0. The Hall–Kier alpha value is -1.91. The molecule has 0 radical (unpaired) electrons. The number of halogens is 1. The number of amides is 2. The highest BCUT2D eigenvalue weighted by Gasteiger charge is 2.18. The van der Waals surface area contributed by atoms with Gasteiger partial charge in [-0.2, -0.15) is 0 Å². The van der Waals surface area contributed by atoms with E-state index >= 15 is 0 Å². The van der Waals surface area contributed by atoms with Crippen LogP contribution in [0, 0.1) is 5.82 Å². The van der Waals surface area contributed by atoms with Gasteiger partial charge >= 0.3 is 0 Å². The highest BCUT2D eigenvalue weighted by Crippen LogP contribution is 2.20. The van der Waals surface area contributed by atoms with Crippen molar-refractivity contribution in [1.82, 2.24) is 0 Å². The minimum absolute atomic E-state index is 0.0127. The first-order valence-corrected chi connectivity index (χ1v) is 4.32. The molecule has 0 heterocycles. The Bertz CT molecular complexity index is 418. The predicted molar refractivity (Wildman–Crippen MR) is 52.5 cm³/mol. The van der Waals surface area contributed by atoms with Gasteiger partial charge in [0.05, 0.1) is 5.92 Å². The lowest BCUT2D eigenvalue weighted by Gasteiger charge is -2.11. The van der Waals surface area contributed by atoms with Gasteiger partial charge in [0, 0.05) is 5.56 Å². The summed E-state index contributed by atoms with van der Waals surface area (Å²) in [6.07, 6.45) is 0. The van der Waals surface area contributed by atoms with Crippen LogP contribution in [0.5, 0.6) is 0 Å². The van der Waals surface area contributed by atoms with Crippen molar-refractivity contribution < 1.29 is 14.0 Å². The molecule has 4 N–H and O–H groups in total. The van der Waals surface area contributed by atoms with Gasteiger partial charge in [0.2, 0.25) is 11.8 Å². The minimum Gasteiger partial charge on any atom is -0.369 e. The molecule has 1 atom stereocenters. The molecular formula is C10H11FN2O2. The molecule has 1 aromatic carbocycles. The molecule has 1 rings (SSSR count). The lowest BCUT2D eigenvalue weighted by Crippen LogP contribution is -2.23. The second-order valence-corrected chi connectivity index (χ2v) is 3.22. The van der Waals surface area contributed by atoms with Crippen LogP contribution in [0.15, 0.2) is 18.2 Å². The van der Waals surface area contributed by atoms with Crippen LogP contribution in [-0.4, -0.2) is 11.8 Å². The van der Waals surface area contributed by atoms with Crippen molar-refractivity contribution in [3.8, 4) is 0 Å². The molecule has 80 valence electrons. The average Bonchev–Trinajstić information content (AvgIpc) is 2.16. The first kappa shape index (κ1) is 11.2. The number of primary amides is 2. The maximum Gasteiger partial charge on any atom is 0.249 e. The lowest BCUT2D eigenvalue weighted by molar-refractivity contribution is -0.119. The Kier molecular flexibility index (Phi) is 3.04. The van der Waals surface area contributed by atoms with E-state index in [2.05, 4.69) is 0 Å². The van der Waals surface area contributed by atoms with Gasteiger partial charge in [0.15, 0.2) is 0 Å². The summed E-state index contributed by atoms with van der Waals surface area (Å²) in [5.41, 5.74) is 10.5. The average molecular weight is 210 g/mol. The fourth-order valence-electron chi connectivity index (χ4n) is 1.27. The molecule has 0 spiro atoms. The van der Waals surface area contributed by atoms with Crippen LogP contribution in [0.4, 0.5) is 4.39 Å². The number of benzene rings is 1. The van der Waals surface area contributed by atoms with Crippen LogP contribution >= 0.6 is 0 Å². The number of nitrogens with two attached hydrogens (primary N) is 2. The highest BCUT2D eigenvalue weighted by atomic mass is 19.1. The monoisotopic (exact) mass is 210 g/mol. The third-order valence-electron chi connectivity index (χ3n) is 2.17. The number of carbonyl (C=O) groups excluding carboxylic acids is 2. The number of hydrogen-bond donors (Lipinski definition) is 2. The lowest BCUT2D eigenvalue weighted by atomic mass is 9.95. The van der Waals surface area contributed by atoms with Crippen LogP contribution in [0.25, 0.3) is 0 Å². The van der Waals surface area contributed by atoms with Crippen LogP contribution < -0.4 is 11.5 Å². The third-order valence-corrected chi connectivity index (χ3v) is 2.17. The van der Waals surface area contributed by atoms with Crippen LogP contribution in [-0.2, 0) is 4.79 Å². The summed E-state index contributed by atoms with van der Waals surface area (Å²) < 4.78 is 12.8. The van der Waals surface area contributed by atoms with Crippen molar-refractivity contribution in [3.63, 3.8) is 0 Å². The van der Waals surface area contributed by atoms with Gasteiger partial charge in [-0.1, -0.05) is 6.07 Å². The summed E-state index contributed by atoms with van der Waals surface area (Å²) in [6, 6.07) is 3.49. The second kappa shape index (κ2) is 4.08. The molecule has 0 aliphatic carbocycles. The smallest absolute Gasteiger partial charge is 0.249 e. The zero-order valence-corrected chi connectivity index (χ0v) is 8.16. The summed E-state index contributed by atoms with van der Waals surface area (Å²) in [6.45, 7) is 1.53. The Balaban J connectivity index is 3.28. The predicted octanol–water partition coefficient (Wildman–Crippen LogP) is 0.513. The van der Waals surface area contributed by atoms with Gasteiger partial charge in [-0.05, 0) is 24.6 Å². The normalized spacial score (nSPS) is 12.1. The Morgan fingerprint density at radius 2 is 1.93 bits per heavy atom. The van der Waals surface area contributed by atoms with Crippen molar-refractivity contribution in [2.45, 2.75) is 12.8 Å². The van der Waals surface area contributed by atoms with Crippen molar-refractivity contribution in [1.29, 1.82) is 0 Å². The van der Waals surface area contributed by atoms with Gasteiger partial charge in [0.1, 0.15) is 5.82 Å². The van der Waals surface area contributed by atoms with Crippen LogP contribution in [0.2, 0.25) is 0 Å². The van der Waals surface area contributed by atoms with E-state index in [1.54, 1.807) is 0 Å². The molecule has 1 aromatic rings. The Morgan fingerprint density at radius 3 is 2.40 bits per heavy atom. The van der Waals surface area contributed by atoms with Crippen molar-refractivity contribution in [2.75, 3.05) is 0 Å². The molecule has 0 fully saturated rings. The number of carbonyl (C=O) groups is 2. The standard InChI is InChI=1S/C10H11FN2O2/c1-5(9(12)14)7-3-2-6(11)4-8(7)10(13)15/h2-5H,1H3,(H2,12,14)(H2,13,15)/t5-/m1/s1. The van der Waals surface area contributed by atoms with E-state index in [9.17, 15) is 14.0 Å². The fourth-order valence-corrected chi connectivity index (χ4v) is 1.27. The Morgan fingerprint density at radius 1 is 1.33 bits per heavy atom. The largest absolute Gasteiger partial charge is 0.369 e. The molecule has 0 aromatic heterocycles. The number of rotatable bonds is 3. The number of hydrogen-bond acceptors (Lipinski definition) is 2. The first-order valence-electron chi connectivity index (χ1n) is 4.32. The molecule has 5 heteroatoms. The van der Waals surface area contributed by atoms with E-state index in [4.69, 9.17) is 11.5 Å². The quantitative estimate of drug-likeness (QED) is 0.761. The van der Waals surface area contributed by atoms with Gasteiger partial charge < -0.3 is 11.5 Å². The highest BCUT2D eigenvalue weighted by molar-refractivity contribution is 5.96. The summed E-state index contributed by atoms with van der Waals surface area (Å²) >= 11 is 0. The van der Waals surface area contributed by atoms with Crippen molar-refractivity contribution >= 4 is 11.8 Å². The van der Waals surface area contributed by atoms with E-state index in [0.29, 0.717) is 5.56 Å². The van der Waals surface area contributed by atoms with E-state index in [1.165, 1.54) is 13.0 Å². The zero-order valence-electron chi connectivity index (χ0n) is 8.16. The fraction of sp³-hybridized carbons (Fsp3) is 0.200. The SMILES string of the molecule is C[C@@H](C(N)=O)c1ccc(F)cc1C(N)=O. The van der Waals surface area contributed by atoms with Crippen LogP contribution in [0.3, 0.4) is 0 Å². The van der Waals surface area contributed by atoms with E-state index in [1.807, 2.05) is 0 Å². The summed E-state index contributed by atoms with van der Waals surface area (Å²) in [5.74, 6) is -2.63. The molecule has 0 saturated heterocycles. The summed E-state index contributed by atoms with van der Waals surface area (Å²) in [4.78, 5) is 21.9. The van der Waals surface area contributed by atoms with Crippen LogP contribution in [0.1, 0.15) is 28.8 Å². The maximum atomic E-state index is 12.8. The second-order valence-electron chi connectivity index (χ2n) is 3.22. The molecule has 2 amide bonds. The molecule has 0 saturated carbocycles. The van der Waals surface area contributed by atoms with E-state index < -0.39 is 23.5 Å². The van der Waals surface area contributed by atoms with Crippen molar-refractivity contribution in [3.05, 3.63) is 35.1 Å². The molecule has 4 nitrogen and oxygen atoms in total. The third kappa shape index (κ3) is 2.31. The van der Waals surface area contributed by atoms with Gasteiger partial charge in [0.25, 0.3) is 0 Å². The first-order chi connectivity index (χ1) is 6.93. The molecular weight excluding hydrogens is 199 g/mol. The summed E-state index contributed by atoms with van der Waals surface area (Å²) in [5, 5.41) is 0. The van der Waals surface area contributed by atoms with E-state index in [-0.39, 0.29) is 5.56 Å².